The van der Waals surface area contributed by atoms with Gasteiger partial charge >= 0.3 is 0 Å². The molecule has 0 saturated heterocycles. The predicted molar refractivity (Wildman–Crippen MR) is 184 cm³/mol. The van der Waals surface area contributed by atoms with E-state index in [1.807, 2.05) is 68.4 Å². The van der Waals surface area contributed by atoms with E-state index in [-0.39, 0.29) is 12.1 Å². The molecule has 0 atom stereocenters. The number of aliphatic imine (C=N–C) groups is 1. The molecular formula is C35H33BrFN7O. The third-order valence-electron chi connectivity index (χ3n) is 7.10. The largest absolute Gasteiger partial charge is 0.456 e. The molecule has 5 N–H and O–H groups in total. The Morgan fingerprint density at radius 1 is 0.889 bits per heavy atom. The zero-order chi connectivity index (χ0) is 31.8. The molecule has 10 heteroatoms. The van der Waals surface area contributed by atoms with Gasteiger partial charge in [0, 0.05) is 35.0 Å². The summed E-state index contributed by atoms with van der Waals surface area (Å²) in [6.07, 6.45) is 0. The van der Waals surface area contributed by atoms with Crippen molar-refractivity contribution < 1.29 is 9.13 Å². The van der Waals surface area contributed by atoms with Gasteiger partial charge in [-0.25, -0.2) is 14.4 Å². The van der Waals surface area contributed by atoms with E-state index in [0.717, 1.165) is 44.5 Å². The number of hydrogen-bond acceptors (Lipinski definition) is 5. The van der Waals surface area contributed by atoms with Crippen molar-refractivity contribution in [3.63, 3.8) is 0 Å². The number of halogens is 2. The van der Waals surface area contributed by atoms with Crippen LogP contribution in [0.5, 0.6) is 11.5 Å². The third kappa shape index (κ3) is 6.46. The van der Waals surface area contributed by atoms with Crippen molar-refractivity contribution in [2.24, 2.45) is 10.7 Å². The Balaban J connectivity index is 1.20. The van der Waals surface area contributed by atoms with Gasteiger partial charge in [-0.05, 0) is 110 Å². The highest BCUT2D eigenvalue weighted by molar-refractivity contribution is 9.10. The number of nitrogens with two attached hydrogens (primary N) is 1. The molecule has 0 aliphatic heterocycles. The standard InChI is InChI=1S/C35H33BrFN7O/c1-18(2)39-20(5)21-6-11-29-30(15-21)44-35(42-29)25-10-9-24(17-27(25)37)45-32-13-8-23(14-26(32)36)34-41-28-12-7-22(16-31(28)43-34)33(38)40-19(3)4/h6-19,39H,5H2,1-4H3,(H2,38,40)(H,41,43)(H,42,44). The van der Waals surface area contributed by atoms with Crippen LogP contribution in [0.3, 0.4) is 0 Å². The number of fused-ring (bicyclic) bond motifs is 2. The molecule has 0 fully saturated rings. The average molecular weight is 667 g/mol. The molecule has 0 saturated carbocycles. The van der Waals surface area contributed by atoms with Gasteiger partial charge in [0.15, 0.2) is 0 Å². The summed E-state index contributed by atoms with van der Waals surface area (Å²) in [5, 5.41) is 3.31. The van der Waals surface area contributed by atoms with Crippen LogP contribution in [-0.2, 0) is 0 Å². The van der Waals surface area contributed by atoms with Crippen molar-refractivity contribution in [3.05, 3.63) is 101 Å². The highest BCUT2D eigenvalue weighted by atomic mass is 79.9. The fourth-order valence-corrected chi connectivity index (χ4v) is 5.48. The van der Waals surface area contributed by atoms with Gasteiger partial charge in [0.25, 0.3) is 0 Å². The van der Waals surface area contributed by atoms with E-state index in [0.29, 0.717) is 39.0 Å². The normalized spacial score (nSPS) is 12.0. The quantitative estimate of drug-likeness (QED) is 0.0912. The van der Waals surface area contributed by atoms with Gasteiger partial charge in [0.2, 0.25) is 0 Å². The molecule has 6 rings (SSSR count). The average Bonchev–Trinajstić information content (AvgIpc) is 3.61. The van der Waals surface area contributed by atoms with Crippen LogP contribution in [-0.4, -0.2) is 37.9 Å². The maximum atomic E-state index is 15.3. The first-order chi connectivity index (χ1) is 21.5. The molecule has 6 aromatic rings. The molecule has 2 aromatic heterocycles. The van der Waals surface area contributed by atoms with E-state index in [9.17, 15) is 0 Å². The first kappa shape index (κ1) is 30.1. The van der Waals surface area contributed by atoms with Crippen molar-refractivity contribution in [1.29, 1.82) is 0 Å². The summed E-state index contributed by atoms with van der Waals surface area (Å²) in [5.74, 6) is 2.06. The first-order valence-corrected chi connectivity index (χ1v) is 15.4. The number of H-pyrrole nitrogens is 2. The number of aromatic nitrogens is 4. The lowest BCUT2D eigenvalue weighted by molar-refractivity contribution is 0.474. The van der Waals surface area contributed by atoms with Crippen molar-refractivity contribution in [1.82, 2.24) is 25.3 Å². The van der Waals surface area contributed by atoms with E-state index in [1.54, 1.807) is 12.1 Å². The molecule has 0 aliphatic carbocycles. The molecule has 0 bridgehead atoms. The summed E-state index contributed by atoms with van der Waals surface area (Å²) in [4.78, 5) is 20.4. The SMILES string of the molecule is C=C(NC(C)C)c1ccc2nc(-c3ccc(Oc4ccc(-c5nc6ccc(C(N)=NC(C)C)cc6[nH]5)cc4Br)cc3F)[nH]c2c1. The van der Waals surface area contributed by atoms with E-state index < -0.39 is 5.82 Å². The lowest BCUT2D eigenvalue weighted by Gasteiger charge is -2.12. The van der Waals surface area contributed by atoms with Crippen LogP contribution in [0.15, 0.2) is 88.8 Å². The Hall–Kier alpha value is -4.96. The number of benzene rings is 4. The van der Waals surface area contributed by atoms with E-state index in [1.165, 1.54) is 6.07 Å². The lowest BCUT2D eigenvalue weighted by atomic mass is 10.1. The third-order valence-corrected chi connectivity index (χ3v) is 7.72. The Labute approximate surface area is 268 Å². The van der Waals surface area contributed by atoms with E-state index >= 15 is 4.39 Å². The van der Waals surface area contributed by atoms with Crippen LogP contribution in [0.2, 0.25) is 0 Å². The number of hydrogen-bond donors (Lipinski definition) is 4. The van der Waals surface area contributed by atoms with Crippen molar-refractivity contribution in [3.8, 4) is 34.3 Å². The fraction of sp³-hybridized carbons (Fsp3) is 0.171. The lowest BCUT2D eigenvalue weighted by Crippen LogP contribution is -2.20. The van der Waals surface area contributed by atoms with Gasteiger partial charge in [-0.3, -0.25) is 4.99 Å². The van der Waals surface area contributed by atoms with Crippen LogP contribution < -0.4 is 15.8 Å². The minimum atomic E-state index is -0.453. The molecule has 0 amide bonds. The topological polar surface area (TPSA) is 117 Å². The second kappa shape index (κ2) is 12.2. The zero-order valence-electron chi connectivity index (χ0n) is 25.4. The van der Waals surface area contributed by atoms with Gasteiger partial charge in [0.1, 0.15) is 34.8 Å². The van der Waals surface area contributed by atoms with Crippen LogP contribution in [0.1, 0.15) is 38.8 Å². The fourth-order valence-electron chi connectivity index (χ4n) is 5.02. The Morgan fingerprint density at radius 2 is 1.56 bits per heavy atom. The number of imidazole rings is 2. The van der Waals surface area contributed by atoms with Gasteiger partial charge in [0.05, 0.1) is 32.1 Å². The second-order valence-electron chi connectivity index (χ2n) is 11.4. The molecule has 45 heavy (non-hydrogen) atoms. The van der Waals surface area contributed by atoms with Crippen LogP contribution in [0, 0.1) is 5.82 Å². The highest BCUT2D eigenvalue weighted by Crippen LogP contribution is 2.35. The number of amidine groups is 1. The van der Waals surface area contributed by atoms with Crippen molar-refractivity contribution in [2.45, 2.75) is 39.8 Å². The summed E-state index contributed by atoms with van der Waals surface area (Å²) < 4.78 is 22.1. The summed E-state index contributed by atoms with van der Waals surface area (Å²) >= 11 is 3.60. The van der Waals surface area contributed by atoms with E-state index in [4.69, 9.17) is 15.5 Å². The number of aromatic amines is 2. The Bertz CT molecular complexity index is 2090. The molecule has 0 unspecified atom stereocenters. The molecule has 0 spiro atoms. The molecule has 2 heterocycles. The Kier molecular flexibility index (Phi) is 8.16. The van der Waals surface area contributed by atoms with Gasteiger partial charge < -0.3 is 25.8 Å². The van der Waals surface area contributed by atoms with Crippen LogP contribution >= 0.6 is 15.9 Å². The minimum absolute atomic E-state index is 0.106. The summed E-state index contributed by atoms with van der Waals surface area (Å²) in [7, 11) is 0. The highest BCUT2D eigenvalue weighted by Gasteiger charge is 2.15. The molecule has 4 aromatic carbocycles. The van der Waals surface area contributed by atoms with Crippen LogP contribution in [0.25, 0.3) is 50.5 Å². The molecule has 0 aliphatic rings. The van der Waals surface area contributed by atoms with Crippen molar-refractivity contribution in [2.75, 3.05) is 0 Å². The predicted octanol–water partition coefficient (Wildman–Crippen LogP) is 8.55. The van der Waals surface area contributed by atoms with Crippen molar-refractivity contribution >= 4 is 49.5 Å². The minimum Gasteiger partial charge on any atom is -0.456 e. The first-order valence-electron chi connectivity index (χ1n) is 14.6. The van der Waals surface area contributed by atoms with E-state index in [2.05, 4.69) is 61.6 Å². The molecule has 0 radical (unpaired) electrons. The summed E-state index contributed by atoms with van der Waals surface area (Å²) in [6.45, 7) is 12.2. The number of nitrogens with zero attached hydrogens (tertiary/aromatic N) is 3. The number of nitrogens with one attached hydrogen (secondary N) is 3. The van der Waals surface area contributed by atoms with Gasteiger partial charge in [-0.15, -0.1) is 0 Å². The van der Waals surface area contributed by atoms with Gasteiger partial charge in [-0.1, -0.05) is 12.6 Å². The maximum absolute atomic E-state index is 15.3. The summed E-state index contributed by atoms with van der Waals surface area (Å²) in [5.41, 5.74) is 13.2. The summed E-state index contributed by atoms with van der Waals surface area (Å²) in [6, 6.07) is 22.3. The number of rotatable bonds is 9. The Morgan fingerprint density at radius 3 is 2.22 bits per heavy atom. The maximum Gasteiger partial charge on any atom is 0.141 e. The zero-order valence-corrected chi connectivity index (χ0v) is 27.0. The second-order valence-corrected chi connectivity index (χ2v) is 12.3. The smallest absolute Gasteiger partial charge is 0.141 e. The number of ether oxygens (including phenoxy) is 1. The molecule has 8 nitrogen and oxygen atoms in total. The molecular weight excluding hydrogens is 633 g/mol. The van der Waals surface area contributed by atoms with Crippen LogP contribution in [0.4, 0.5) is 4.39 Å². The molecule has 228 valence electrons. The monoisotopic (exact) mass is 665 g/mol. The van der Waals surface area contributed by atoms with Gasteiger partial charge in [-0.2, -0.15) is 0 Å².